The van der Waals surface area contributed by atoms with Crippen LogP contribution in [0.1, 0.15) is 20.8 Å². The van der Waals surface area contributed by atoms with Gasteiger partial charge in [0.2, 0.25) is 0 Å². The van der Waals surface area contributed by atoms with Crippen LogP contribution in [-0.2, 0) is 0 Å². The fraction of sp³-hybridized carbons (Fsp3) is 1.00. The number of alkyl halides is 1. The standard InChI is InChI=1S/C5H11ClN2O/c1-5(2,3)8(4-6)7-9/h4H2,1-3H3. The molecular weight excluding hydrogens is 140 g/mol. The number of hydrogen-bond donors (Lipinski definition) is 0. The van der Waals surface area contributed by atoms with E-state index in [1.165, 1.54) is 5.01 Å². The highest BCUT2D eigenvalue weighted by molar-refractivity contribution is 6.17. The third-order valence-electron chi connectivity index (χ3n) is 0.986. The molecule has 0 aliphatic heterocycles. The Hall–Kier alpha value is -0.310. The van der Waals surface area contributed by atoms with E-state index < -0.39 is 0 Å². The topological polar surface area (TPSA) is 32.7 Å². The van der Waals surface area contributed by atoms with Crippen LogP contribution in [-0.4, -0.2) is 16.6 Å². The predicted molar refractivity (Wildman–Crippen MR) is 38.1 cm³/mol. The molecule has 3 nitrogen and oxygen atoms in total. The molecule has 9 heavy (non-hydrogen) atoms. The minimum atomic E-state index is -0.260. The maximum absolute atomic E-state index is 9.97. The third kappa shape index (κ3) is 2.65. The van der Waals surface area contributed by atoms with Crippen molar-refractivity contribution in [3.63, 3.8) is 0 Å². The fourth-order valence-corrected chi connectivity index (χ4v) is 0.726. The molecule has 0 aromatic heterocycles. The number of hydrogen-bond acceptors (Lipinski definition) is 2. The molecule has 0 aromatic carbocycles. The lowest BCUT2D eigenvalue weighted by Gasteiger charge is -2.27. The van der Waals surface area contributed by atoms with Crippen LogP contribution in [0.2, 0.25) is 0 Å². The van der Waals surface area contributed by atoms with Gasteiger partial charge in [-0.05, 0) is 20.8 Å². The van der Waals surface area contributed by atoms with Crippen molar-refractivity contribution in [2.75, 3.05) is 6.00 Å². The Labute approximate surface area is 59.9 Å². The summed E-state index contributed by atoms with van der Waals surface area (Å²) in [5.74, 6) is 0. The second-order valence-electron chi connectivity index (χ2n) is 2.77. The Morgan fingerprint density at radius 3 is 2.00 bits per heavy atom. The number of nitroso groups, excluding NO2 is 1. The monoisotopic (exact) mass is 150 g/mol. The van der Waals surface area contributed by atoms with E-state index in [2.05, 4.69) is 5.29 Å². The first-order valence-corrected chi connectivity index (χ1v) is 3.22. The zero-order valence-electron chi connectivity index (χ0n) is 5.89. The van der Waals surface area contributed by atoms with Crippen LogP contribution in [0.15, 0.2) is 5.29 Å². The Morgan fingerprint density at radius 2 is 2.00 bits per heavy atom. The maximum Gasteiger partial charge on any atom is 0.114 e. The van der Waals surface area contributed by atoms with E-state index in [1.54, 1.807) is 0 Å². The summed E-state index contributed by atoms with van der Waals surface area (Å²) in [6.45, 7) is 5.62. The van der Waals surface area contributed by atoms with Crippen LogP contribution < -0.4 is 0 Å². The molecule has 0 unspecified atom stereocenters. The Kier molecular flexibility index (Phi) is 2.91. The van der Waals surface area contributed by atoms with E-state index in [4.69, 9.17) is 11.6 Å². The van der Waals surface area contributed by atoms with Gasteiger partial charge in [0.1, 0.15) is 6.00 Å². The molecule has 0 amide bonds. The minimum absolute atomic E-state index is 0.146. The van der Waals surface area contributed by atoms with Crippen molar-refractivity contribution in [1.82, 2.24) is 5.01 Å². The molecule has 0 aliphatic carbocycles. The van der Waals surface area contributed by atoms with E-state index in [9.17, 15) is 4.91 Å². The van der Waals surface area contributed by atoms with E-state index in [1.807, 2.05) is 20.8 Å². The van der Waals surface area contributed by atoms with Crippen molar-refractivity contribution in [3.05, 3.63) is 4.91 Å². The molecule has 4 heteroatoms. The summed E-state index contributed by atoms with van der Waals surface area (Å²) in [7, 11) is 0. The zero-order chi connectivity index (χ0) is 7.49. The first-order chi connectivity index (χ1) is 4.02. The molecule has 0 rings (SSSR count). The second-order valence-corrected chi connectivity index (χ2v) is 3.01. The molecule has 0 atom stereocenters. The van der Waals surface area contributed by atoms with Gasteiger partial charge in [0, 0.05) is 0 Å². The van der Waals surface area contributed by atoms with Crippen molar-refractivity contribution >= 4 is 11.6 Å². The second kappa shape index (κ2) is 3.01. The summed E-state index contributed by atoms with van der Waals surface area (Å²) in [5.41, 5.74) is -0.260. The lowest BCUT2D eigenvalue weighted by Crippen LogP contribution is -2.35. The molecule has 0 bridgehead atoms. The molecule has 0 saturated carbocycles. The van der Waals surface area contributed by atoms with Crippen LogP contribution in [0.25, 0.3) is 0 Å². The van der Waals surface area contributed by atoms with Gasteiger partial charge in [-0.15, -0.1) is 16.5 Å². The summed E-state index contributed by atoms with van der Waals surface area (Å²) >= 11 is 5.38. The Morgan fingerprint density at radius 1 is 1.56 bits per heavy atom. The third-order valence-corrected chi connectivity index (χ3v) is 1.21. The van der Waals surface area contributed by atoms with Crippen LogP contribution in [0.3, 0.4) is 0 Å². The van der Waals surface area contributed by atoms with Gasteiger partial charge in [-0.25, -0.2) is 5.01 Å². The van der Waals surface area contributed by atoms with E-state index >= 15 is 0 Å². The highest BCUT2D eigenvalue weighted by atomic mass is 35.5. The van der Waals surface area contributed by atoms with Gasteiger partial charge >= 0.3 is 0 Å². The zero-order valence-corrected chi connectivity index (χ0v) is 6.64. The van der Waals surface area contributed by atoms with Gasteiger partial charge in [0.05, 0.1) is 10.8 Å². The highest BCUT2D eigenvalue weighted by Gasteiger charge is 2.19. The summed E-state index contributed by atoms with van der Waals surface area (Å²) in [6.07, 6.45) is 0. The molecule has 54 valence electrons. The van der Waals surface area contributed by atoms with E-state index in [0.717, 1.165) is 0 Å². The lowest BCUT2D eigenvalue weighted by molar-refractivity contribution is 0.168. The molecule has 0 fully saturated rings. The normalized spacial score (nSPS) is 11.1. The summed E-state index contributed by atoms with van der Waals surface area (Å²) < 4.78 is 0. The van der Waals surface area contributed by atoms with Crippen molar-refractivity contribution in [2.24, 2.45) is 5.29 Å². The average Bonchev–Trinajstić information content (AvgIpc) is 1.65. The largest absolute Gasteiger partial charge is 0.241 e. The fourth-order valence-electron chi connectivity index (χ4n) is 0.324. The first kappa shape index (κ1) is 8.69. The molecule has 0 N–H and O–H groups in total. The molecule has 0 aromatic rings. The quantitative estimate of drug-likeness (QED) is 0.261. The van der Waals surface area contributed by atoms with Gasteiger partial charge < -0.3 is 0 Å². The first-order valence-electron chi connectivity index (χ1n) is 2.69. The van der Waals surface area contributed by atoms with Crippen LogP contribution in [0, 0.1) is 4.91 Å². The molecule has 0 radical (unpaired) electrons. The van der Waals surface area contributed by atoms with Crippen LogP contribution in [0.5, 0.6) is 0 Å². The molecule has 0 heterocycles. The van der Waals surface area contributed by atoms with Crippen molar-refractivity contribution in [2.45, 2.75) is 26.3 Å². The van der Waals surface area contributed by atoms with Crippen LogP contribution >= 0.6 is 11.6 Å². The number of rotatable bonds is 2. The van der Waals surface area contributed by atoms with E-state index in [0.29, 0.717) is 0 Å². The summed E-state index contributed by atoms with van der Waals surface area (Å²) in [4.78, 5) is 9.97. The highest BCUT2D eigenvalue weighted by Crippen LogP contribution is 2.13. The summed E-state index contributed by atoms with van der Waals surface area (Å²) in [5, 5.41) is 4.00. The number of nitrogens with zero attached hydrogens (tertiary/aromatic N) is 2. The summed E-state index contributed by atoms with van der Waals surface area (Å²) in [6, 6.07) is 0.146. The molecule has 0 spiro atoms. The van der Waals surface area contributed by atoms with Gasteiger partial charge in [0.25, 0.3) is 0 Å². The molecule has 0 aliphatic rings. The van der Waals surface area contributed by atoms with Crippen molar-refractivity contribution < 1.29 is 0 Å². The minimum Gasteiger partial charge on any atom is -0.241 e. The number of halogens is 1. The van der Waals surface area contributed by atoms with Gasteiger partial charge in [-0.2, -0.15) is 0 Å². The molecular formula is C5H11ClN2O. The SMILES string of the molecule is CC(C)(C)N(CCl)N=O. The van der Waals surface area contributed by atoms with Crippen molar-refractivity contribution in [1.29, 1.82) is 0 Å². The van der Waals surface area contributed by atoms with Gasteiger partial charge in [-0.3, -0.25) is 0 Å². The van der Waals surface area contributed by atoms with Crippen LogP contribution in [0.4, 0.5) is 0 Å². The Balaban J connectivity index is 3.94. The van der Waals surface area contributed by atoms with Gasteiger partial charge in [0.15, 0.2) is 0 Å². The average molecular weight is 151 g/mol. The maximum atomic E-state index is 9.97. The van der Waals surface area contributed by atoms with E-state index in [-0.39, 0.29) is 11.5 Å². The Bertz CT molecular complexity index is 99.6. The van der Waals surface area contributed by atoms with Gasteiger partial charge in [-0.1, -0.05) is 0 Å². The molecule has 0 saturated heterocycles. The lowest BCUT2D eigenvalue weighted by atomic mass is 10.1. The predicted octanol–water partition coefficient (Wildman–Crippen LogP) is 1.96. The smallest absolute Gasteiger partial charge is 0.114 e. The van der Waals surface area contributed by atoms with Crippen molar-refractivity contribution in [3.8, 4) is 0 Å².